The molecule has 0 aromatic rings. The Balaban J connectivity index is 2.19. The van der Waals surface area contributed by atoms with Gasteiger partial charge >= 0.3 is 0 Å². The third kappa shape index (κ3) is 4.76. The predicted molar refractivity (Wildman–Crippen MR) is 62.8 cm³/mol. The summed E-state index contributed by atoms with van der Waals surface area (Å²) >= 11 is 0. The molecule has 3 heteroatoms. The van der Waals surface area contributed by atoms with Gasteiger partial charge in [0, 0.05) is 13.0 Å². The number of hydrogen-bond donors (Lipinski definition) is 1. The Morgan fingerprint density at radius 3 is 2.40 bits per heavy atom. The molecule has 1 saturated heterocycles. The molecule has 15 heavy (non-hydrogen) atoms. The van der Waals surface area contributed by atoms with E-state index in [9.17, 15) is 4.79 Å². The van der Waals surface area contributed by atoms with Crippen LogP contribution in [0.15, 0.2) is 0 Å². The van der Waals surface area contributed by atoms with Gasteiger partial charge in [-0.15, -0.1) is 0 Å². The third-order valence-electron chi connectivity index (χ3n) is 3.22. The van der Waals surface area contributed by atoms with Gasteiger partial charge in [-0.25, -0.2) is 0 Å². The zero-order valence-corrected chi connectivity index (χ0v) is 9.87. The van der Waals surface area contributed by atoms with Crippen LogP contribution in [-0.4, -0.2) is 36.4 Å². The van der Waals surface area contributed by atoms with Crippen molar-refractivity contribution in [1.82, 2.24) is 4.90 Å². The van der Waals surface area contributed by atoms with Crippen molar-refractivity contribution in [3.05, 3.63) is 0 Å². The largest absolute Gasteiger partial charge is 0.321 e. The highest BCUT2D eigenvalue weighted by atomic mass is 16.1. The summed E-state index contributed by atoms with van der Waals surface area (Å²) in [6.07, 6.45) is 6.72. The van der Waals surface area contributed by atoms with Gasteiger partial charge < -0.3 is 10.6 Å². The molecule has 0 radical (unpaired) electrons. The van der Waals surface area contributed by atoms with Crippen LogP contribution in [0.4, 0.5) is 0 Å². The van der Waals surface area contributed by atoms with E-state index < -0.39 is 0 Å². The summed E-state index contributed by atoms with van der Waals surface area (Å²) in [5.74, 6) is 0.199. The zero-order valence-electron chi connectivity index (χ0n) is 9.87. The molecule has 3 nitrogen and oxygen atoms in total. The fourth-order valence-corrected chi connectivity index (χ4v) is 2.10. The molecule has 1 atom stereocenters. The van der Waals surface area contributed by atoms with Gasteiger partial charge in [-0.2, -0.15) is 0 Å². The number of ketones is 1. The van der Waals surface area contributed by atoms with Gasteiger partial charge in [0.2, 0.25) is 0 Å². The number of rotatable bonds is 5. The van der Waals surface area contributed by atoms with Crippen LogP contribution in [0.1, 0.15) is 45.4 Å². The highest BCUT2D eigenvalue weighted by Crippen LogP contribution is 2.10. The molecule has 0 bridgehead atoms. The van der Waals surface area contributed by atoms with Crippen molar-refractivity contribution in [3.63, 3.8) is 0 Å². The lowest BCUT2D eigenvalue weighted by Gasteiger charge is -2.21. The average molecular weight is 212 g/mol. The number of likely N-dealkylation sites (tertiary alicyclic amines) is 1. The van der Waals surface area contributed by atoms with E-state index in [1.807, 2.05) is 6.92 Å². The first-order chi connectivity index (χ1) is 7.24. The molecule has 1 fully saturated rings. The van der Waals surface area contributed by atoms with E-state index in [4.69, 9.17) is 5.73 Å². The first kappa shape index (κ1) is 12.7. The Hall–Kier alpha value is -0.410. The predicted octanol–water partition coefficient (Wildman–Crippen LogP) is 1.56. The summed E-state index contributed by atoms with van der Waals surface area (Å²) in [7, 11) is 0. The van der Waals surface area contributed by atoms with E-state index in [-0.39, 0.29) is 11.8 Å². The van der Waals surface area contributed by atoms with Crippen LogP contribution in [0.2, 0.25) is 0 Å². The molecular formula is C12H24N2O. The second kappa shape index (κ2) is 6.96. The molecule has 0 aliphatic carbocycles. The minimum atomic E-state index is -0.238. The smallest absolute Gasteiger partial charge is 0.149 e. The fraction of sp³-hybridized carbons (Fsp3) is 0.917. The fourth-order valence-electron chi connectivity index (χ4n) is 2.10. The van der Waals surface area contributed by atoms with Crippen molar-refractivity contribution >= 4 is 5.78 Å². The molecule has 0 amide bonds. The molecule has 0 spiro atoms. The maximum absolute atomic E-state index is 11.3. The maximum Gasteiger partial charge on any atom is 0.149 e. The highest BCUT2D eigenvalue weighted by molar-refractivity contribution is 5.83. The number of hydrogen-bond acceptors (Lipinski definition) is 3. The van der Waals surface area contributed by atoms with Crippen molar-refractivity contribution in [3.8, 4) is 0 Å². The van der Waals surface area contributed by atoms with E-state index in [1.54, 1.807) is 0 Å². The number of nitrogens with two attached hydrogens (primary N) is 1. The quantitative estimate of drug-likeness (QED) is 0.752. The number of carbonyl (C=O) groups excluding carboxylic acids is 1. The van der Waals surface area contributed by atoms with Gasteiger partial charge in [0.1, 0.15) is 5.78 Å². The summed E-state index contributed by atoms with van der Waals surface area (Å²) < 4.78 is 0. The molecule has 1 rings (SSSR count). The molecule has 0 aromatic heterocycles. The van der Waals surface area contributed by atoms with Crippen LogP contribution in [0, 0.1) is 0 Å². The molecule has 0 saturated carbocycles. The number of Topliss-reactive ketones (excluding diaryl/α,β-unsaturated/α-hetero) is 1. The standard InChI is InChI=1S/C12H24N2O/c1-2-12(15)11(13)7-10-14-8-5-3-4-6-9-14/h11H,2-10,13H2,1H3. The zero-order chi connectivity index (χ0) is 11.1. The van der Waals surface area contributed by atoms with E-state index >= 15 is 0 Å². The van der Waals surface area contributed by atoms with E-state index in [1.165, 1.54) is 38.8 Å². The Bertz CT molecular complexity index is 186. The number of carbonyl (C=O) groups is 1. The molecule has 2 N–H and O–H groups in total. The minimum absolute atomic E-state index is 0.199. The molecule has 88 valence electrons. The van der Waals surface area contributed by atoms with Crippen LogP contribution in [0.5, 0.6) is 0 Å². The van der Waals surface area contributed by atoms with Gasteiger partial charge in [-0.1, -0.05) is 19.8 Å². The molecule has 0 aromatic carbocycles. The Kier molecular flexibility index (Phi) is 5.88. The van der Waals surface area contributed by atoms with Crippen LogP contribution >= 0.6 is 0 Å². The van der Waals surface area contributed by atoms with E-state index in [0.717, 1.165) is 13.0 Å². The van der Waals surface area contributed by atoms with Gasteiger partial charge in [-0.3, -0.25) is 4.79 Å². The second-order valence-corrected chi connectivity index (χ2v) is 4.47. The summed E-state index contributed by atoms with van der Waals surface area (Å²) in [6, 6.07) is -0.238. The lowest BCUT2D eigenvalue weighted by molar-refractivity contribution is -0.120. The minimum Gasteiger partial charge on any atom is -0.321 e. The molecule has 1 unspecified atom stereocenters. The van der Waals surface area contributed by atoms with Gasteiger partial charge in [-0.05, 0) is 32.4 Å². The Labute approximate surface area is 93.0 Å². The summed E-state index contributed by atoms with van der Waals surface area (Å²) in [5.41, 5.74) is 5.81. The van der Waals surface area contributed by atoms with E-state index in [2.05, 4.69) is 4.90 Å². The Morgan fingerprint density at radius 2 is 1.87 bits per heavy atom. The van der Waals surface area contributed by atoms with Crippen molar-refractivity contribution in [1.29, 1.82) is 0 Å². The monoisotopic (exact) mass is 212 g/mol. The normalized spacial score (nSPS) is 20.9. The summed E-state index contributed by atoms with van der Waals surface area (Å²) in [4.78, 5) is 13.8. The third-order valence-corrected chi connectivity index (χ3v) is 3.22. The maximum atomic E-state index is 11.3. The van der Waals surface area contributed by atoms with Crippen LogP contribution in [-0.2, 0) is 4.79 Å². The average Bonchev–Trinajstić information content (AvgIpc) is 2.53. The van der Waals surface area contributed by atoms with Crippen molar-refractivity contribution in [2.24, 2.45) is 5.73 Å². The lowest BCUT2D eigenvalue weighted by atomic mass is 10.1. The Morgan fingerprint density at radius 1 is 1.27 bits per heavy atom. The molecule has 1 heterocycles. The van der Waals surface area contributed by atoms with Crippen LogP contribution in [0.3, 0.4) is 0 Å². The lowest BCUT2D eigenvalue weighted by Crippen LogP contribution is -2.35. The van der Waals surface area contributed by atoms with Crippen molar-refractivity contribution in [2.45, 2.75) is 51.5 Å². The molecule has 1 aliphatic rings. The SMILES string of the molecule is CCC(=O)C(N)CCN1CCCCCC1. The first-order valence-electron chi connectivity index (χ1n) is 6.24. The molecular weight excluding hydrogens is 188 g/mol. The van der Waals surface area contributed by atoms with Crippen molar-refractivity contribution < 1.29 is 4.79 Å². The summed E-state index contributed by atoms with van der Waals surface area (Å²) in [5, 5.41) is 0. The van der Waals surface area contributed by atoms with Gasteiger partial charge in [0.25, 0.3) is 0 Å². The van der Waals surface area contributed by atoms with Crippen LogP contribution in [0.25, 0.3) is 0 Å². The van der Waals surface area contributed by atoms with Crippen LogP contribution < -0.4 is 5.73 Å². The molecule has 1 aliphatic heterocycles. The van der Waals surface area contributed by atoms with E-state index in [0.29, 0.717) is 6.42 Å². The topological polar surface area (TPSA) is 46.3 Å². The van der Waals surface area contributed by atoms with Gasteiger partial charge in [0.05, 0.1) is 6.04 Å². The second-order valence-electron chi connectivity index (χ2n) is 4.47. The highest BCUT2D eigenvalue weighted by Gasteiger charge is 2.14. The van der Waals surface area contributed by atoms with Gasteiger partial charge in [0.15, 0.2) is 0 Å². The first-order valence-corrected chi connectivity index (χ1v) is 6.24. The number of nitrogens with zero attached hydrogens (tertiary/aromatic N) is 1. The summed E-state index contributed by atoms with van der Waals surface area (Å²) in [6.45, 7) is 5.25. The van der Waals surface area contributed by atoms with Crippen molar-refractivity contribution in [2.75, 3.05) is 19.6 Å².